The van der Waals surface area contributed by atoms with Crippen molar-refractivity contribution in [2.45, 2.75) is 0 Å². The third kappa shape index (κ3) is 30.2. The van der Waals surface area contributed by atoms with Crippen LogP contribution in [-0.2, 0) is 25.8 Å². The van der Waals surface area contributed by atoms with E-state index in [1.807, 2.05) is 0 Å². The van der Waals surface area contributed by atoms with Gasteiger partial charge in [0.2, 0.25) is 0 Å². The zero-order valence-corrected chi connectivity index (χ0v) is 6.10. The first-order chi connectivity index (χ1) is 1.73. The maximum absolute atomic E-state index is 9.08. The van der Waals surface area contributed by atoms with Crippen LogP contribution in [0.1, 0.15) is 0 Å². The van der Waals surface area contributed by atoms with Gasteiger partial charge in [0.15, 0.2) is 0 Å². The summed E-state index contributed by atoms with van der Waals surface area (Å²) >= 11 is 0.0822. The molecule has 0 aliphatic carbocycles. The van der Waals surface area contributed by atoms with Gasteiger partial charge in [0.05, 0.1) is 0 Å². The Labute approximate surface area is 39.5 Å². The van der Waals surface area contributed by atoms with Gasteiger partial charge in [-0.1, -0.05) is 0 Å². The Bertz CT molecular complexity index is 29.0. The van der Waals surface area contributed by atoms with Crippen molar-refractivity contribution in [1.29, 1.82) is 0 Å². The summed E-state index contributed by atoms with van der Waals surface area (Å²) in [6.07, 6.45) is 0. The molecular weight excluding hydrogens is 156 g/mol. The number of carbonyl (C=O) groups is 1. The molecule has 3 heteroatoms. The van der Waals surface area contributed by atoms with Gasteiger partial charge in [-0.2, -0.15) is 0 Å². The molecule has 0 atom stereocenters. The fourth-order valence-corrected chi connectivity index (χ4v) is 0. The molecule has 0 rings (SSSR count). The normalized spacial score (nSPS) is 6.50. The van der Waals surface area contributed by atoms with E-state index in [1.165, 1.54) is 0 Å². The van der Waals surface area contributed by atoms with Gasteiger partial charge in [-0.15, -0.1) is 0 Å². The molecule has 0 spiro atoms. The van der Waals surface area contributed by atoms with Crippen LogP contribution in [-0.4, -0.2) is 8.64 Å². The van der Waals surface area contributed by atoms with E-state index < -0.39 is 3.53 Å². The van der Waals surface area contributed by atoms with Crippen molar-refractivity contribution in [2.24, 2.45) is 0 Å². The van der Waals surface area contributed by atoms with Gasteiger partial charge in [-0.25, -0.2) is 0 Å². The summed E-state index contributed by atoms with van der Waals surface area (Å²) in [5, 5.41) is 7.49. The molecule has 0 aliphatic rings. The summed E-state index contributed by atoms with van der Waals surface area (Å²) in [7, 11) is 0. The fraction of sp³-hybridized carbons (Fsp3) is 0. The molecule has 0 aliphatic heterocycles. The Morgan fingerprint density at radius 1 is 2.00 bits per heavy atom. The second kappa shape index (κ2) is 1.69. The Balaban J connectivity index is 2.80. The average molecular weight is 157 g/mol. The van der Waals surface area contributed by atoms with Crippen LogP contribution in [0.3, 0.4) is 0 Å². The third-order valence-corrected chi connectivity index (χ3v) is 0. The number of hydrogen-bond donors (Lipinski definition) is 1. The molecular formula is CHCdO2. The van der Waals surface area contributed by atoms with Crippen molar-refractivity contribution in [3.63, 3.8) is 0 Å². The molecule has 2 nitrogen and oxygen atoms in total. The summed E-state index contributed by atoms with van der Waals surface area (Å²) < 4.78 is -0.663. The summed E-state index contributed by atoms with van der Waals surface area (Å²) in [6, 6.07) is 0. The fourth-order valence-electron chi connectivity index (χ4n) is 0. The van der Waals surface area contributed by atoms with Crippen LogP contribution in [0, 0.1) is 0 Å². The number of carboxylic acid groups (broad SMARTS) is 1. The molecule has 0 saturated heterocycles. The zero-order valence-electron chi connectivity index (χ0n) is 2.06. The Kier molecular flexibility index (Phi) is 1.85. The topological polar surface area (TPSA) is 37.3 Å². The second-order valence-corrected chi connectivity index (χ2v) is 2.12. The summed E-state index contributed by atoms with van der Waals surface area (Å²) in [6.45, 7) is 0. The predicted molar refractivity (Wildman–Crippen MR) is 8.02 cm³/mol. The van der Waals surface area contributed by atoms with Crippen molar-refractivity contribution in [3.8, 4) is 0 Å². The molecule has 0 bridgehead atoms. The Hall–Kier alpha value is 0.392. The Morgan fingerprint density at radius 2 is 2.00 bits per heavy atom. The summed E-state index contributed by atoms with van der Waals surface area (Å²) in [5.74, 6) is 0. The van der Waals surface area contributed by atoms with Crippen molar-refractivity contribution in [3.05, 3.63) is 0 Å². The van der Waals surface area contributed by atoms with E-state index in [-0.39, 0.29) is 25.8 Å². The van der Waals surface area contributed by atoms with E-state index in [2.05, 4.69) is 0 Å². The van der Waals surface area contributed by atoms with Gasteiger partial charge in [-0.05, 0) is 0 Å². The SMILES string of the molecule is O=[C](O)[Cd]. The van der Waals surface area contributed by atoms with Crippen molar-refractivity contribution in [1.82, 2.24) is 0 Å². The van der Waals surface area contributed by atoms with Crippen LogP contribution in [0.4, 0.5) is 4.79 Å². The predicted octanol–water partition coefficient (Wildman–Crippen LogP) is 0.211. The summed E-state index contributed by atoms with van der Waals surface area (Å²) in [5.41, 5.74) is 0. The van der Waals surface area contributed by atoms with Crippen LogP contribution in [0.25, 0.3) is 0 Å². The first-order valence-electron chi connectivity index (χ1n) is 0.781. The van der Waals surface area contributed by atoms with Crippen molar-refractivity contribution >= 4 is 3.53 Å². The maximum atomic E-state index is 9.08. The number of rotatable bonds is 0. The van der Waals surface area contributed by atoms with Crippen LogP contribution < -0.4 is 0 Å². The van der Waals surface area contributed by atoms with Crippen LogP contribution in [0.5, 0.6) is 0 Å². The van der Waals surface area contributed by atoms with Gasteiger partial charge in [-0.3, -0.25) is 0 Å². The van der Waals surface area contributed by atoms with Gasteiger partial charge >= 0.3 is 39.2 Å². The van der Waals surface area contributed by atoms with Crippen molar-refractivity contribution in [2.75, 3.05) is 0 Å². The first-order valence-corrected chi connectivity index (χ1v) is 2.80. The van der Waals surface area contributed by atoms with Crippen molar-refractivity contribution < 1.29 is 35.7 Å². The van der Waals surface area contributed by atoms with Crippen LogP contribution in [0.15, 0.2) is 0 Å². The molecule has 0 aromatic heterocycles. The molecule has 0 saturated carbocycles. The molecule has 0 radical (unpaired) electrons. The van der Waals surface area contributed by atoms with Crippen LogP contribution in [0.2, 0.25) is 0 Å². The van der Waals surface area contributed by atoms with E-state index in [9.17, 15) is 0 Å². The van der Waals surface area contributed by atoms with Gasteiger partial charge in [0.25, 0.3) is 0 Å². The molecule has 0 aromatic rings. The Morgan fingerprint density at radius 3 is 2.00 bits per heavy atom. The molecule has 19 valence electrons. The van der Waals surface area contributed by atoms with Crippen LogP contribution >= 0.6 is 0 Å². The minimum atomic E-state index is -0.663. The molecule has 0 amide bonds. The van der Waals surface area contributed by atoms with E-state index in [4.69, 9.17) is 9.90 Å². The van der Waals surface area contributed by atoms with E-state index >= 15 is 0 Å². The molecule has 0 unspecified atom stereocenters. The summed E-state index contributed by atoms with van der Waals surface area (Å²) in [4.78, 5) is 9.08. The van der Waals surface area contributed by atoms with E-state index in [0.717, 1.165) is 0 Å². The zero-order chi connectivity index (χ0) is 3.58. The molecule has 0 aromatic carbocycles. The third-order valence-electron chi connectivity index (χ3n) is 0. The average Bonchev–Trinajstić information content (AvgIpc) is 0.811. The van der Waals surface area contributed by atoms with E-state index in [0.29, 0.717) is 0 Å². The molecule has 4 heavy (non-hydrogen) atoms. The molecule has 0 fully saturated rings. The first kappa shape index (κ1) is 4.39. The molecule has 0 heterocycles. The van der Waals surface area contributed by atoms with E-state index in [1.54, 1.807) is 0 Å². The van der Waals surface area contributed by atoms with Gasteiger partial charge in [0.1, 0.15) is 0 Å². The second-order valence-electron chi connectivity index (χ2n) is 0.394. The quantitative estimate of drug-likeness (QED) is 0.511. The monoisotopic (exact) mass is 159 g/mol. The van der Waals surface area contributed by atoms with Gasteiger partial charge in [0, 0.05) is 0 Å². The van der Waals surface area contributed by atoms with Gasteiger partial charge < -0.3 is 0 Å². The number of hydrogen-bond acceptors (Lipinski definition) is 1. The standard InChI is InChI=1S/CHO2.Cd/c2-1-3;/h(H,2,3);. The minimum absolute atomic E-state index is 0.0822. The molecule has 1 N–H and O–H groups in total.